The van der Waals surface area contributed by atoms with Crippen LogP contribution >= 0.6 is 15.9 Å². The molecule has 1 heterocycles. The number of rotatable bonds is 5. The first-order chi connectivity index (χ1) is 13.7. The number of carbonyl (C=O) groups is 1. The van der Waals surface area contributed by atoms with Crippen molar-refractivity contribution in [1.29, 1.82) is 0 Å². The highest BCUT2D eigenvalue weighted by atomic mass is 79.9. The van der Waals surface area contributed by atoms with Gasteiger partial charge in [0.05, 0.1) is 4.47 Å². The first-order valence-corrected chi connectivity index (χ1v) is 9.85. The van der Waals surface area contributed by atoms with E-state index in [0.29, 0.717) is 11.3 Å². The summed E-state index contributed by atoms with van der Waals surface area (Å²) in [5.74, 6) is -0.712. The summed E-state index contributed by atoms with van der Waals surface area (Å²) >= 11 is 3.02. The number of carbonyl (C=O) groups excluding carboxylic acids is 1. The molecule has 2 aromatic rings. The third kappa shape index (κ3) is 6.45. The topological polar surface area (TPSA) is 44.8 Å². The highest BCUT2D eigenvalue weighted by Crippen LogP contribution is 2.32. The lowest BCUT2D eigenvalue weighted by Crippen LogP contribution is -2.43. The number of ether oxygens (including phenoxy) is 1. The molecule has 0 saturated carbocycles. The standard InChI is InChI=1S/C20H21BrF3N3O2/c1-26-8-10-27(11-9-26)13-14-2-4-15(5-3-14)19(28)25-16-6-7-18(17(21)12-16)29-20(22,23)24/h2-7,12H,8-11,13H2,1H3,(H,25,28). The first-order valence-electron chi connectivity index (χ1n) is 9.06. The molecule has 1 amide bonds. The van der Waals surface area contributed by atoms with Crippen molar-refractivity contribution in [2.45, 2.75) is 12.9 Å². The Hall–Kier alpha value is -2.10. The SMILES string of the molecule is CN1CCN(Cc2ccc(C(=O)Nc3ccc(OC(F)(F)F)c(Br)c3)cc2)CC1. The number of likely N-dealkylation sites (N-methyl/N-ethyl adjacent to an activating group) is 1. The predicted octanol–water partition coefficient (Wildman–Crippen LogP) is 4.35. The summed E-state index contributed by atoms with van der Waals surface area (Å²) in [6.45, 7) is 4.96. The van der Waals surface area contributed by atoms with Gasteiger partial charge in [-0.25, -0.2) is 0 Å². The second kappa shape index (κ2) is 9.15. The van der Waals surface area contributed by atoms with E-state index in [0.717, 1.165) is 44.4 Å². The van der Waals surface area contributed by atoms with Crippen LogP contribution in [0.15, 0.2) is 46.9 Å². The molecular formula is C20H21BrF3N3O2. The summed E-state index contributed by atoms with van der Waals surface area (Å²) in [5, 5.41) is 2.67. The van der Waals surface area contributed by atoms with Crippen LogP contribution in [0, 0.1) is 0 Å². The summed E-state index contributed by atoms with van der Waals surface area (Å²) in [5.41, 5.74) is 1.96. The van der Waals surface area contributed by atoms with Gasteiger partial charge in [0, 0.05) is 44.0 Å². The summed E-state index contributed by atoms with van der Waals surface area (Å²) in [7, 11) is 2.11. The molecule has 1 N–H and O–H groups in total. The van der Waals surface area contributed by atoms with E-state index >= 15 is 0 Å². The molecule has 9 heteroatoms. The molecule has 1 aliphatic heterocycles. The van der Waals surface area contributed by atoms with Crippen molar-refractivity contribution < 1.29 is 22.7 Å². The van der Waals surface area contributed by atoms with Gasteiger partial charge in [0.15, 0.2) is 0 Å². The Morgan fingerprint density at radius 2 is 1.76 bits per heavy atom. The van der Waals surface area contributed by atoms with Crippen molar-refractivity contribution in [1.82, 2.24) is 9.80 Å². The van der Waals surface area contributed by atoms with Gasteiger partial charge >= 0.3 is 6.36 Å². The van der Waals surface area contributed by atoms with E-state index in [9.17, 15) is 18.0 Å². The number of hydrogen-bond donors (Lipinski definition) is 1. The highest BCUT2D eigenvalue weighted by Gasteiger charge is 2.32. The Kier molecular flexibility index (Phi) is 6.81. The van der Waals surface area contributed by atoms with Crippen molar-refractivity contribution in [2.24, 2.45) is 0 Å². The van der Waals surface area contributed by atoms with Gasteiger partial charge in [-0.3, -0.25) is 9.69 Å². The van der Waals surface area contributed by atoms with Crippen LogP contribution in [0.2, 0.25) is 0 Å². The fourth-order valence-electron chi connectivity index (χ4n) is 3.02. The third-order valence-electron chi connectivity index (χ3n) is 4.63. The second-order valence-electron chi connectivity index (χ2n) is 6.92. The molecule has 1 fully saturated rings. The fraction of sp³-hybridized carbons (Fsp3) is 0.350. The zero-order valence-electron chi connectivity index (χ0n) is 15.8. The smallest absolute Gasteiger partial charge is 0.405 e. The Bertz CT molecular complexity index is 851. The molecule has 0 bridgehead atoms. The predicted molar refractivity (Wildman–Crippen MR) is 108 cm³/mol. The normalized spacial score (nSPS) is 15.9. The van der Waals surface area contributed by atoms with E-state index in [4.69, 9.17) is 0 Å². The number of alkyl halides is 3. The van der Waals surface area contributed by atoms with Gasteiger partial charge in [-0.15, -0.1) is 13.2 Å². The molecule has 0 atom stereocenters. The summed E-state index contributed by atoms with van der Waals surface area (Å²) in [6.07, 6.45) is -4.78. The minimum Gasteiger partial charge on any atom is -0.405 e. The van der Waals surface area contributed by atoms with Gasteiger partial charge < -0.3 is 15.0 Å². The van der Waals surface area contributed by atoms with Crippen LogP contribution in [0.5, 0.6) is 5.75 Å². The quantitative estimate of drug-likeness (QED) is 0.703. The van der Waals surface area contributed by atoms with E-state index < -0.39 is 6.36 Å². The Morgan fingerprint density at radius 3 is 2.34 bits per heavy atom. The number of amides is 1. The maximum atomic E-state index is 12.4. The number of anilines is 1. The zero-order valence-corrected chi connectivity index (χ0v) is 17.4. The van der Waals surface area contributed by atoms with Crippen LogP contribution < -0.4 is 10.1 Å². The van der Waals surface area contributed by atoms with E-state index in [1.54, 1.807) is 12.1 Å². The van der Waals surface area contributed by atoms with Gasteiger partial charge in [-0.2, -0.15) is 0 Å². The molecule has 0 aliphatic carbocycles. The molecule has 29 heavy (non-hydrogen) atoms. The highest BCUT2D eigenvalue weighted by molar-refractivity contribution is 9.10. The minimum atomic E-state index is -4.78. The van der Waals surface area contributed by atoms with Crippen LogP contribution in [-0.2, 0) is 6.54 Å². The number of piperazine rings is 1. The molecule has 156 valence electrons. The monoisotopic (exact) mass is 471 g/mol. The Balaban J connectivity index is 1.58. The van der Waals surface area contributed by atoms with Gasteiger partial charge in [-0.05, 0) is 58.9 Å². The van der Waals surface area contributed by atoms with Gasteiger partial charge in [0.2, 0.25) is 0 Å². The zero-order chi connectivity index (χ0) is 21.0. The van der Waals surface area contributed by atoms with Gasteiger partial charge in [0.1, 0.15) is 5.75 Å². The van der Waals surface area contributed by atoms with E-state index in [-0.39, 0.29) is 16.1 Å². The maximum absolute atomic E-state index is 12.4. The molecule has 1 saturated heterocycles. The molecule has 2 aromatic carbocycles. The average Bonchev–Trinajstić information content (AvgIpc) is 2.65. The van der Waals surface area contributed by atoms with E-state index in [1.165, 1.54) is 12.1 Å². The number of nitrogens with one attached hydrogen (secondary N) is 1. The van der Waals surface area contributed by atoms with Crippen LogP contribution in [0.1, 0.15) is 15.9 Å². The van der Waals surface area contributed by atoms with Gasteiger partial charge in [0.25, 0.3) is 5.91 Å². The summed E-state index contributed by atoms with van der Waals surface area (Å²) in [4.78, 5) is 17.1. The number of nitrogens with zero attached hydrogens (tertiary/aromatic N) is 2. The van der Waals surface area contributed by atoms with Crippen molar-refractivity contribution in [2.75, 3.05) is 38.5 Å². The summed E-state index contributed by atoms with van der Waals surface area (Å²) in [6, 6.07) is 11.2. The summed E-state index contributed by atoms with van der Waals surface area (Å²) < 4.78 is 41.0. The molecule has 0 aromatic heterocycles. The average molecular weight is 472 g/mol. The molecule has 5 nitrogen and oxygen atoms in total. The second-order valence-corrected chi connectivity index (χ2v) is 7.78. The maximum Gasteiger partial charge on any atom is 0.573 e. The lowest BCUT2D eigenvalue weighted by molar-refractivity contribution is -0.274. The first kappa shape index (κ1) is 21.6. The molecule has 3 rings (SSSR count). The lowest BCUT2D eigenvalue weighted by atomic mass is 10.1. The van der Waals surface area contributed by atoms with Crippen LogP contribution in [0.25, 0.3) is 0 Å². The largest absolute Gasteiger partial charge is 0.573 e. The van der Waals surface area contributed by atoms with Crippen LogP contribution in [0.4, 0.5) is 18.9 Å². The lowest BCUT2D eigenvalue weighted by Gasteiger charge is -2.32. The van der Waals surface area contributed by atoms with Crippen molar-refractivity contribution in [3.05, 3.63) is 58.1 Å². The van der Waals surface area contributed by atoms with E-state index in [2.05, 4.69) is 42.8 Å². The van der Waals surface area contributed by atoms with Crippen molar-refractivity contribution in [3.63, 3.8) is 0 Å². The molecule has 0 spiro atoms. The van der Waals surface area contributed by atoms with Crippen LogP contribution in [0.3, 0.4) is 0 Å². The number of benzene rings is 2. The van der Waals surface area contributed by atoms with Crippen molar-refractivity contribution >= 4 is 27.5 Å². The minimum absolute atomic E-state index is 0.0927. The Morgan fingerprint density at radius 1 is 1.10 bits per heavy atom. The Labute approximate surface area is 175 Å². The molecule has 0 radical (unpaired) electrons. The molecule has 1 aliphatic rings. The van der Waals surface area contributed by atoms with Crippen molar-refractivity contribution in [3.8, 4) is 5.75 Å². The molecular weight excluding hydrogens is 451 g/mol. The third-order valence-corrected chi connectivity index (χ3v) is 5.25. The van der Waals surface area contributed by atoms with E-state index in [1.807, 2.05) is 12.1 Å². The number of halogens is 4. The fourth-order valence-corrected chi connectivity index (χ4v) is 3.47. The van der Waals surface area contributed by atoms with Crippen LogP contribution in [-0.4, -0.2) is 55.3 Å². The van der Waals surface area contributed by atoms with Gasteiger partial charge in [-0.1, -0.05) is 12.1 Å². The number of hydrogen-bond acceptors (Lipinski definition) is 4. The molecule has 0 unspecified atom stereocenters.